The van der Waals surface area contributed by atoms with Gasteiger partial charge in [-0.25, -0.2) is 8.42 Å². The summed E-state index contributed by atoms with van der Waals surface area (Å²) < 4.78 is 27.0. The van der Waals surface area contributed by atoms with E-state index in [9.17, 15) is 8.42 Å². The summed E-state index contributed by atoms with van der Waals surface area (Å²) in [6.45, 7) is 2.73. The van der Waals surface area contributed by atoms with E-state index in [4.69, 9.17) is 17.3 Å². The monoisotopic (exact) mass is 317 g/mol. The topological polar surface area (TPSA) is 66.6 Å². The summed E-state index contributed by atoms with van der Waals surface area (Å²) >= 11 is 5.94. The van der Waals surface area contributed by atoms with Crippen molar-refractivity contribution >= 4 is 27.3 Å². The van der Waals surface area contributed by atoms with Crippen LogP contribution >= 0.6 is 11.6 Å². The number of likely N-dealkylation sites (N-methyl/N-ethyl adjacent to an activating group) is 1. The van der Waals surface area contributed by atoms with Crippen LogP contribution in [0.5, 0.6) is 0 Å². The molecule has 2 N–H and O–H groups in total. The molecule has 0 amide bonds. The Morgan fingerprint density at radius 3 is 2.60 bits per heavy atom. The normalized spacial score (nSPS) is 20.8. The molecular weight excluding hydrogens is 298 g/mol. The van der Waals surface area contributed by atoms with Gasteiger partial charge in [-0.1, -0.05) is 11.6 Å². The third-order valence-corrected chi connectivity index (χ3v) is 6.05. The Morgan fingerprint density at radius 2 is 2.05 bits per heavy atom. The van der Waals surface area contributed by atoms with Gasteiger partial charge in [-0.2, -0.15) is 4.31 Å². The molecule has 1 fully saturated rings. The lowest BCUT2D eigenvalue weighted by molar-refractivity contribution is 0.302. The molecule has 0 spiro atoms. The summed E-state index contributed by atoms with van der Waals surface area (Å²) in [7, 11) is 0.385. The van der Waals surface area contributed by atoms with E-state index in [1.54, 1.807) is 13.0 Å². The van der Waals surface area contributed by atoms with Gasteiger partial charge >= 0.3 is 0 Å². The minimum Gasteiger partial charge on any atom is -0.398 e. The van der Waals surface area contributed by atoms with Crippen LogP contribution < -0.4 is 5.73 Å². The zero-order valence-corrected chi connectivity index (χ0v) is 13.5. The molecular formula is C13H20ClN3O2S. The average molecular weight is 318 g/mol. The van der Waals surface area contributed by atoms with Crippen molar-refractivity contribution < 1.29 is 8.42 Å². The van der Waals surface area contributed by atoms with Crippen LogP contribution in [0.4, 0.5) is 5.69 Å². The number of nitrogens with two attached hydrogens (primary N) is 1. The molecule has 1 aromatic rings. The van der Waals surface area contributed by atoms with E-state index >= 15 is 0 Å². The standard InChI is InChI=1S/C13H20ClN3O2S/c1-9-12(15)6-10(14)7-13(9)20(18,19)17-5-4-11(8-17)16(2)3/h6-7,11H,4-5,8,15H2,1-3H3. The third-order valence-electron chi connectivity index (χ3n) is 3.84. The minimum absolute atomic E-state index is 0.210. The molecule has 0 bridgehead atoms. The van der Waals surface area contributed by atoms with Crippen LogP contribution in [-0.2, 0) is 10.0 Å². The quantitative estimate of drug-likeness (QED) is 0.859. The molecule has 7 heteroatoms. The average Bonchev–Trinajstić information content (AvgIpc) is 2.83. The number of halogens is 1. The predicted octanol–water partition coefficient (Wildman–Crippen LogP) is 1.56. The molecule has 1 aliphatic rings. The van der Waals surface area contributed by atoms with Gasteiger partial charge in [0.15, 0.2) is 0 Å². The largest absolute Gasteiger partial charge is 0.398 e. The number of benzene rings is 1. The Hall–Kier alpha value is -0.820. The smallest absolute Gasteiger partial charge is 0.243 e. The van der Waals surface area contributed by atoms with Crippen molar-refractivity contribution in [1.29, 1.82) is 0 Å². The summed E-state index contributed by atoms with van der Waals surface area (Å²) in [4.78, 5) is 2.26. The van der Waals surface area contributed by atoms with Crippen LogP contribution in [-0.4, -0.2) is 50.8 Å². The van der Waals surface area contributed by atoms with E-state index in [0.717, 1.165) is 6.42 Å². The first kappa shape index (κ1) is 15.6. The first-order valence-corrected chi connectivity index (χ1v) is 8.27. The molecule has 5 nitrogen and oxygen atoms in total. The van der Waals surface area contributed by atoms with Crippen molar-refractivity contribution in [3.63, 3.8) is 0 Å². The second-order valence-corrected chi connectivity index (χ2v) is 7.73. The Morgan fingerprint density at radius 1 is 1.40 bits per heavy atom. The van der Waals surface area contributed by atoms with E-state index in [0.29, 0.717) is 29.4 Å². The fourth-order valence-corrected chi connectivity index (χ4v) is 4.50. The predicted molar refractivity (Wildman–Crippen MR) is 81.5 cm³/mol. The molecule has 1 heterocycles. The van der Waals surface area contributed by atoms with Crippen molar-refractivity contribution in [2.45, 2.75) is 24.3 Å². The van der Waals surface area contributed by atoms with E-state index in [-0.39, 0.29) is 10.9 Å². The van der Waals surface area contributed by atoms with Crippen molar-refractivity contribution in [2.75, 3.05) is 32.9 Å². The maximum Gasteiger partial charge on any atom is 0.243 e. The lowest BCUT2D eigenvalue weighted by Gasteiger charge is -2.21. The highest BCUT2D eigenvalue weighted by Crippen LogP contribution is 2.30. The summed E-state index contributed by atoms with van der Waals surface area (Å²) in [6.07, 6.45) is 0.835. The van der Waals surface area contributed by atoms with Crippen LogP contribution in [0.3, 0.4) is 0 Å². The van der Waals surface area contributed by atoms with Gasteiger partial charge < -0.3 is 10.6 Å². The number of rotatable bonds is 3. The Labute approximate surface area is 125 Å². The van der Waals surface area contributed by atoms with Gasteiger partial charge in [-0.15, -0.1) is 0 Å². The molecule has 0 aliphatic carbocycles. The second-order valence-electron chi connectivity index (χ2n) is 5.39. The molecule has 1 aliphatic heterocycles. The van der Waals surface area contributed by atoms with Gasteiger partial charge in [0.25, 0.3) is 0 Å². The molecule has 1 saturated heterocycles. The summed E-state index contributed by atoms with van der Waals surface area (Å²) in [5.74, 6) is 0. The van der Waals surface area contributed by atoms with Gasteiger partial charge in [0, 0.05) is 29.8 Å². The van der Waals surface area contributed by atoms with Crippen LogP contribution in [0, 0.1) is 6.92 Å². The zero-order valence-electron chi connectivity index (χ0n) is 11.9. The highest BCUT2D eigenvalue weighted by atomic mass is 35.5. The van der Waals surface area contributed by atoms with Crippen LogP contribution in [0.2, 0.25) is 5.02 Å². The first-order valence-electron chi connectivity index (χ1n) is 6.45. The number of nitrogen functional groups attached to an aromatic ring is 1. The molecule has 0 saturated carbocycles. The van der Waals surface area contributed by atoms with Crippen molar-refractivity contribution in [1.82, 2.24) is 9.21 Å². The molecule has 1 atom stereocenters. The molecule has 20 heavy (non-hydrogen) atoms. The highest BCUT2D eigenvalue weighted by Gasteiger charge is 2.34. The zero-order chi connectivity index (χ0) is 15.1. The molecule has 0 radical (unpaired) electrons. The van der Waals surface area contributed by atoms with Gasteiger partial charge in [0.05, 0.1) is 4.90 Å². The maximum atomic E-state index is 12.7. The van der Waals surface area contributed by atoms with Crippen LogP contribution in [0.25, 0.3) is 0 Å². The number of sulfonamides is 1. The van der Waals surface area contributed by atoms with E-state index in [2.05, 4.69) is 4.90 Å². The fraction of sp³-hybridized carbons (Fsp3) is 0.538. The summed E-state index contributed by atoms with van der Waals surface area (Å²) in [5.41, 5.74) is 6.78. The Balaban J connectivity index is 2.37. The number of hydrogen-bond acceptors (Lipinski definition) is 4. The molecule has 112 valence electrons. The second kappa shape index (κ2) is 5.52. The number of nitrogens with zero attached hydrogens (tertiary/aromatic N) is 2. The number of hydrogen-bond donors (Lipinski definition) is 1. The Bertz CT molecular complexity index is 616. The van der Waals surface area contributed by atoms with Crippen molar-refractivity contribution in [3.8, 4) is 0 Å². The third kappa shape index (κ3) is 2.79. The molecule has 2 rings (SSSR count). The fourth-order valence-electron chi connectivity index (χ4n) is 2.43. The maximum absolute atomic E-state index is 12.7. The molecule has 1 unspecified atom stereocenters. The van der Waals surface area contributed by atoms with Gasteiger partial charge in [-0.05, 0) is 45.1 Å². The van der Waals surface area contributed by atoms with E-state index < -0.39 is 10.0 Å². The van der Waals surface area contributed by atoms with Crippen molar-refractivity contribution in [2.24, 2.45) is 0 Å². The lowest BCUT2D eigenvalue weighted by Crippen LogP contribution is -2.34. The van der Waals surface area contributed by atoms with E-state index in [1.807, 2.05) is 14.1 Å². The highest BCUT2D eigenvalue weighted by molar-refractivity contribution is 7.89. The van der Waals surface area contributed by atoms with Crippen LogP contribution in [0.1, 0.15) is 12.0 Å². The van der Waals surface area contributed by atoms with Gasteiger partial charge in [-0.3, -0.25) is 0 Å². The minimum atomic E-state index is -3.54. The lowest BCUT2D eigenvalue weighted by atomic mass is 10.2. The van der Waals surface area contributed by atoms with Gasteiger partial charge in [0.1, 0.15) is 0 Å². The van der Waals surface area contributed by atoms with E-state index in [1.165, 1.54) is 10.4 Å². The van der Waals surface area contributed by atoms with Crippen molar-refractivity contribution in [3.05, 3.63) is 22.7 Å². The first-order chi connectivity index (χ1) is 9.23. The summed E-state index contributed by atoms with van der Waals surface area (Å²) in [5, 5.41) is 0.343. The molecule has 0 aromatic heterocycles. The summed E-state index contributed by atoms with van der Waals surface area (Å²) in [6, 6.07) is 3.30. The van der Waals surface area contributed by atoms with Crippen LogP contribution in [0.15, 0.2) is 17.0 Å². The van der Waals surface area contributed by atoms with Gasteiger partial charge in [0.2, 0.25) is 10.0 Å². The SMILES string of the molecule is Cc1c(N)cc(Cl)cc1S(=O)(=O)N1CCC(N(C)C)C1. The number of anilines is 1. The molecule has 1 aromatic carbocycles. The Kier molecular flexibility index (Phi) is 4.30.